The summed E-state index contributed by atoms with van der Waals surface area (Å²) in [5.41, 5.74) is 6.14. The largest absolute Gasteiger partial charge is 0.380 e. The summed E-state index contributed by atoms with van der Waals surface area (Å²) < 4.78 is 5.53. The highest BCUT2D eigenvalue weighted by Crippen LogP contribution is 2.43. The van der Waals surface area contributed by atoms with Crippen LogP contribution in [-0.4, -0.2) is 32.8 Å². The highest BCUT2D eigenvalue weighted by Gasteiger charge is 2.40. The van der Waals surface area contributed by atoms with Crippen molar-refractivity contribution in [1.29, 1.82) is 0 Å². The number of rotatable bonds is 8. The molecule has 2 saturated carbocycles. The summed E-state index contributed by atoms with van der Waals surface area (Å²) in [6.07, 6.45) is 5.37. The lowest BCUT2D eigenvalue weighted by Crippen LogP contribution is -2.31. The molecule has 0 bridgehead atoms. The molecule has 0 heterocycles. The van der Waals surface area contributed by atoms with E-state index in [1.807, 2.05) is 0 Å². The van der Waals surface area contributed by atoms with E-state index in [0.29, 0.717) is 5.41 Å². The van der Waals surface area contributed by atoms with Crippen molar-refractivity contribution in [3.8, 4) is 0 Å². The van der Waals surface area contributed by atoms with Crippen molar-refractivity contribution in [1.82, 2.24) is 5.32 Å². The fourth-order valence-electron chi connectivity index (χ4n) is 1.66. The smallest absolute Gasteiger partial charge is 0.0591 e. The van der Waals surface area contributed by atoms with Gasteiger partial charge in [-0.2, -0.15) is 0 Å². The maximum Gasteiger partial charge on any atom is 0.0591 e. The van der Waals surface area contributed by atoms with E-state index in [2.05, 4.69) is 5.32 Å². The third-order valence-electron chi connectivity index (χ3n) is 3.36. The SMILES string of the molecule is NCC1(CNCCOCC2CC2)CC1. The molecule has 3 heteroatoms. The molecule has 3 N–H and O–H groups in total. The van der Waals surface area contributed by atoms with Crippen LogP contribution in [0.25, 0.3) is 0 Å². The molecule has 0 atom stereocenters. The molecule has 0 aromatic rings. The summed E-state index contributed by atoms with van der Waals surface area (Å²) in [5.74, 6) is 0.883. The molecule has 0 aliphatic heterocycles. The van der Waals surface area contributed by atoms with E-state index in [4.69, 9.17) is 10.5 Å². The fourth-order valence-corrected chi connectivity index (χ4v) is 1.66. The Labute approximate surface area is 86.4 Å². The van der Waals surface area contributed by atoms with Gasteiger partial charge in [0.2, 0.25) is 0 Å². The van der Waals surface area contributed by atoms with E-state index < -0.39 is 0 Å². The Hall–Kier alpha value is -0.120. The van der Waals surface area contributed by atoms with Crippen molar-refractivity contribution in [2.24, 2.45) is 17.1 Å². The van der Waals surface area contributed by atoms with E-state index in [-0.39, 0.29) is 0 Å². The third kappa shape index (κ3) is 3.23. The summed E-state index contributed by atoms with van der Waals surface area (Å²) in [6.45, 7) is 4.73. The lowest BCUT2D eigenvalue weighted by molar-refractivity contribution is 0.125. The van der Waals surface area contributed by atoms with Crippen LogP contribution in [0.3, 0.4) is 0 Å². The molecule has 0 saturated heterocycles. The molecule has 14 heavy (non-hydrogen) atoms. The minimum absolute atomic E-state index is 0.455. The van der Waals surface area contributed by atoms with Gasteiger partial charge in [-0.25, -0.2) is 0 Å². The van der Waals surface area contributed by atoms with Gasteiger partial charge in [0.25, 0.3) is 0 Å². The Morgan fingerprint density at radius 3 is 2.71 bits per heavy atom. The van der Waals surface area contributed by atoms with Gasteiger partial charge >= 0.3 is 0 Å². The van der Waals surface area contributed by atoms with Gasteiger partial charge in [-0.05, 0) is 43.6 Å². The van der Waals surface area contributed by atoms with Crippen LogP contribution in [0.15, 0.2) is 0 Å². The number of hydrogen-bond acceptors (Lipinski definition) is 3. The highest BCUT2D eigenvalue weighted by molar-refractivity contribution is 4.95. The van der Waals surface area contributed by atoms with Gasteiger partial charge in [0.15, 0.2) is 0 Å². The molecule has 2 rings (SSSR count). The minimum atomic E-state index is 0.455. The quantitative estimate of drug-likeness (QED) is 0.566. The zero-order chi connectivity index (χ0) is 9.86. The summed E-state index contributed by atoms with van der Waals surface area (Å²) in [5, 5.41) is 3.43. The number of nitrogens with two attached hydrogens (primary N) is 1. The minimum Gasteiger partial charge on any atom is -0.380 e. The molecule has 0 radical (unpaired) electrons. The summed E-state index contributed by atoms with van der Waals surface area (Å²) in [6, 6.07) is 0. The first-order chi connectivity index (χ1) is 6.85. The van der Waals surface area contributed by atoms with Gasteiger partial charge in [0.05, 0.1) is 6.61 Å². The standard InChI is InChI=1S/C11H22N2O/c12-8-11(3-4-11)9-13-5-6-14-7-10-1-2-10/h10,13H,1-9,12H2. The van der Waals surface area contributed by atoms with Crippen molar-refractivity contribution < 1.29 is 4.74 Å². The first-order valence-electron chi connectivity index (χ1n) is 5.83. The van der Waals surface area contributed by atoms with Gasteiger partial charge in [0.1, 0.15) is 0 Å². The molecular formula is C11H22N2O. The molecule has 82 valence electrons. The predicted octanol–water partition coefficient (Wildman–Crippen LogP) is 0.741. The monoisotopic (exact) mass is 198 g/mol. The Morgan fingerprint density at radius 2 is 2.14 bits per heavy atom. The maximum atomic E-state index is 5.69. The second kappa shape index (κ2) is 4.60. The van der Waals surface area contributed by atoms with Crippen molar-refractivity contribution in [3.63, 3.8) is 0 Å². The van der Waals surface area contributed by atoms with Crippen molar-refractivity contribution >= 4 is 0 Å². The van der Waals surface area contributed by atoms with Crippen LogP contribution in [0.4, 0.5) is 0 Å². The van der Waals surface area contributed by atoms with E-state index in [1.165, 1.54) is 25.7 Å². The van der Waals surface area contributed by atoms with Crippen molar-refractivity contribution in [3.05, 3.63) is 0 Å². The Kier molecular flexibility index (Phi) is 3.42. The lowest BCUT2D eigenvalue weighted by atomic mass is 10.1. The van der Waals surface area contributed by atoms with Gasteiger partial charge in [-0.15, -0.1) is 0 Å². The Bertz CT molecular complexity index is 176. The zero-order valence-electron chi connectivity index (χ0n) is 8.93. The van der Waals surface area contributed by atoms with Crippen LogP contribution < -0.4 is 11.1 Å². The molecule has 2 aliphatic rings. The van der Waals surface area contributed by atoms with Crippen LogP contribution in [0, 0.1) is 11.3 Å². The average molecular weight is 198 g/mol. The van der Waals surface area contributed by atoms with Gasteiger partial charge in [-0.1, -0.05) is 0 Å². The van der Waals surface area contributed by atoms with Crippen LogP contribution in [0.5, 0.6) is 0 Å². The zero-order valence-corrected chi connectivity index (χ0v) is 8.93. The highest BCUT2D eigenvalue weighted by atomic mass is 16.5. The summed E-state index contributed by atoms with van der Waals surface area (Å²) in [7, 11) is 0. The molecule has 0 unspecified atom stereocenters. The van der Waals surface area contributed by atoms with Gasteiger partial charge in [0, 0.05) is 19.7 Å². The molecule has 0 spiro atoms. The molecular weight excluding hydrogens is 176 g/mol. The second-order valence-electron chi connectivity index (χ2n) is 4.90. The van der Waals surface area contributed by atoms with E-state index in [1.54, 1.807) is 0 Å². The lowest BCUT2D eigenvalue weighted by Gasteiger charge is -2.13. The molecule has 0 amide bonds. The number of nitrogens with one attached hydrogen (secondary N) is 1. The van der Waals surface area contributed by atoms with Crippen molar-refractivity contribution in [2.75, 3.05) is 32.8 Å². The second-order valence-corrected chi connectivity index (χ2v) is 4.90. The predicted molar refractivity (Wildman–Crippen MR) is 57.1 cm³/mol. The Balaban J connectivity index is 1.39. The average Bonchev–Trinajstić information content (AvgIpc) is 3.06. The topological polar surface area (TPSA) is 47.3 Å². The molecule has 2 fully saturated rings. The Morgan fingerprint density at radius 1 is 1.36 bits per heavy atom. The maximum absolute atomic E-state index is 5.69. The fraction of sp³-hybridized carbons (Fsp3) is 1.00. The van der Waals surface area contributed by atoms with Gasteiger partial charge in [-0.3, -0.25) is 0 Å². The number of hydrogen-bond donors (Lipinski definition) is 2. The number of ether oxygens (including phenoxy) is 1. The summed E-state index contributed by atoms with van der Waals surface area (Å²) >= 11 is 0. The van der Waals surface area contributed by atoms with Crippen LogP contribution >= 0.6 is 0 Å². The molecule has 2 aliphatic carbocycles. The molecule has 3 nitrogen and oxygen atoms in total. The van der Waals surface area contributed by atoms with Crippen LogP contribution in [0.1, 0.15) is 25.7 Å². The normalized spacial score (nSPS) is 23.8. The van der Waals surface area contributed by atoms with Crippen molar-refractivity contribution in [2.45, 2.75) is 25.7 Å². The van der Waals surface area contributed by atoms with E-state index in [0.717, 1.165) is 38.8 Å². The van der Waals surface area contributed by atoms with Gasteiger partial charge < -0.3 is 15.8 Å². The van der Waals surface area contributed by atoms with Crippen LogP contribution in [-0.2, 0) is 4.74 Å². The summed E-state index contributed by atoms with van der Waals surface area (Å²) in [4.78, 5) is 0. The first kappa shape index (κ1) is 10.4. The van der Waals surface area contributed by atoms with E-state index >= 15 is 0 Å². The van der Waals surface area contributed by atoms with Crippen LogP contribution in [0.2, 0.25) is 0 Å². The van der Waals surface area contributed by atoms with E-state index in [9.17, 15) is 0 Å². The third-order valence-corrected chi connectivity index (χ3v) is 3.36. The molecule has 0 aromatic heterocycles. The molecule has 0 aromatic carbocycles. The first-order valence-corrected chi connectivity index (χ1v) is 5.83.